The van der Waals surface area contributed by atoms with Crippen LogP contribution in [0, 0.1) is 0 Å². The van der Waals surface area contributed by atoms with Crippen molar-refractivity contribution in [3.05, 3.63) is 47.8 Å². The summed E-state index contributed by atoms with van der Waals surface area (Å²) >= 11 is 0. The van der Waals surface area contributed by atoms with Crippen LogP contribution in [0.15, 0.2) is 36.4 Å². The number of carbonyl (C=O) groups excluding carboxylic acids is 2. The molecule has 0 radical (unpaired) electrons. The molecule has 7 heteroatoms. The average Bonchev–Trinajstić information content (AvgIpc) is 2.99. The van der Waals surface area contributed by atoms with Crippen LogP contribution in [-0.4, -0.2) is 46.1 Å². The molecule has 116 valence electrons. The Hall–Kier alpha value is -2.67. The normalized spacial score (nSPS) is 12.0. The van der Waals surface area contributed by atoms with E-state index in [0.29, 0.717) is 12.2 Å². The van der Waals surface area contributed by atoms with E-state index in [4.69, 9.17) is 11.5 Å². The molecule has 22 heavy (non-hydrogen) atoms. The van der Waals surface area contributed by atoms with Gasteiger partial charge in [-0.2, -0.15) is 5.10 Å². The molecule has 0 saturated heterocycles. The van der Waals surface area contributed by atoms with Crippen LogP contribution in [-0.2, 0) is 0 Å². The van der Waals surface area contributed by atoms with E-state index in [1.165, 1.54) is 15.6 Å². The monoisotopic (exact) mass is 301 g/mol. The lowest BCUT2D eigenvalue weighted by molar-refractivity contribution is 0.0742. The number of amides is 2. The van der Waals surface area contributed by atoms with Crippen LogP contribution in [0.3, 0.4) is 0 Å². The molecule has 1 heterocycles. The van der Waals surface area contributed by atoms with Crippen molar-refractivity contribution in [1.82, 2.24) is 14.7 Å². The Morgan fingerprint density at radius 3 is 2.50 bits per heavy atom. The second kappa shape index (κ2) is 6.40. The highest BCUT2D eigenvalue weighted by molar-refractivity contribution is 5.97. The zero-order chi connectivity index (χ0) is 16.3. The summed E-state index contributed by atoms with van der Waals surface area (Å²) in [6.45, 7) is 2.17. The average molecular weight is 301 g/mol. The quantitative estimate of drug-likeness (QED) is 0.833. The van der Waals surface area contributed by atoms with Crippen molar-refractivity contribution in [1.29, 1.82) is 0 Å². The number of likely N-dealkylation sites (N-methyl/N-ethyl adjacent to an activating group) is 1. The van der Waals surface area contributed by atoms with E-state index < -0.39 is 5.91 Å². The molecule has 0 aliphatic heterocycles. The lowest BCUT2D eigenvalue weighted by Crippen LogP contribution is -2.39. The number of para-hydroxylation sites is 1. The molecule has 2 amide bonds. The summed E-state index contributed by atoms with van der Waals surface area (Å²) in [6.07, 6.45) is 0. The number of hydrogen-bond donors (Lipinski definition) is 2. The first-order valence-corrected chi connectivity index (χ1v) is 6.88. The Balaban J connectivity index is 2.44. The molecule has 0 aliphatic carbocycles. The highest BCUT2D eigenvalue weighted by Crippen LogP contribution is 2.14. The van der Waals surface area contributed by atoms with Gasteiger partial charge in [0.2, 0.25) is 0 Å². The van der Waals surface area contributed by atoms with Gasteiger partial charge in [-0.3, -0.25) is 9.59 Å². The Morgan fingerprint density at radius 2 is 1.95 bits per heavy atom. The second-order valence-electron chi connectivity index (χ2n) is 5.03. The van der Waals surface area contributed by atoms with E-state index in [-0.39, 0.29) is 23.3 Å². The van der Waals surface area contributed by atoms with Gasteiger partial charge in [0.25, 0.3) is 11.8 Å². The van der Waals surface area contributed by atoms with E-state index in [1.54, 1.807) is 19.2 Å². The van der Waals surface area contributed by atoms with Gasteiger partial charge < -0.3 is 16.4 Å². The Morgan fingerprint density at radius 1 is 1.32 bits per heavy atom. The Labute approximate surface area is 128 Å². The molecule has 2 aromatic rings. The topological polar surface area (TPSA) is 107 Å². The van der Waals surface area contributed by atoms with Crippen molar-refractivity contribution >= 4 is 11.8 Å². The third-order valence-electron chi connectivity index (χ3n) is 3.50. The van der Waals surface area contributed by atoms with Crippen molar-refractivity contribution in [3.8, 4) is 5.69 Å². The predicted molar refractivity (Wildman–Crippen MR) is 82.7 cm³/mol. The molecule has 0 saturated carbocycles. The van der Waals surface area contributed by atoms with E-state index in [0.717, 1.165) is 0 Å². The third-order valence-corrected chi connectivity index (χ3v) is 3.50. The van der Waals surface area contributed by atoms with E-state index in [9.17, 15) is 9.59 Å². The summed E-state index contributed by atoms with van der Waals surface area (Å²) in [7, 11) is 1.64. The molecular weight excluding hydrogens is 282 g/mol. The minimum atomic E-state index is -0.648. The number of rotatable bonds is 5. The van der Waals surface area contributed by atoms with Gasteiger partial charge in [-0.25, -0.2) is 4.68 Å². The fourth-order valence-corrected chi connectivity index (χ4v) is 1.97. The van der Waals surface area contributed by atoms with Gasteiger partial charge in [-0.05, 0) is 19.1 Å². The zero-order valence-corrected chi connectivity index (χ0v) is 12.6. The first-order chi connectivity index (χ1) is 10.5. The maximum absolute atomic E-state index is 12.4. The minimum Gasteiger partial charge on any atom is -0.364 e. The maximum atomic E-state index is 12.4. The van der Waals surface area contributed by atoms with Crippen molar-refractivity contribution in [2.24, 2.45) is 11.5 Å². The Kier molecular flexibility index (Phi) is 4.57. The van der Waals surface area contributed by atoms with Crippen LogP contribution in [0.25, 0.3) is 5.69 Å². The van der Waals surface area contributed by atoms with Crippen molar-refractivity contribution < 1.29 is 9.59 Å². The maximum Gasteiger partial charge on any atom is 0.274 e. The molecule has 0 bridgehead atoms. The van der Waals surface area contributed by atoms with E-state index in [2.05, 4.69) is 5.10 Å². The van der Waals surface area contributed by atoms with Gasteiger partial charge in [0.1, 0.15) is 5.69 Å². The summed E-state index contributed by atoms with van der Waals surface area (Å²) in [5.41, 5.74) is 11.9. The first-order valence-electron chi connectivity index (χ1n) is 6.88. The van der Waals surface area contributed by atoms with Gasteiger partial charge in [-0.1, -0.05) is 18.2 Å². The molecule has 7 nitrogen and oxygen atoms in total. The van der Waals surface area contributed by atoms with Gasteiger partial charge in [0, 0.05) is 25.7 Å². The molecule has 0 spiro atoms. The first kappa shape index (κ1) is 15.7. The summed E-state index contributed by atoms with van der Waals surface area (Å²) in [5.74, 6) is -0.958. The fraction of sp³-hybridized carbons (Fsp3) is 0.267. The van der Waals surface area contributed by atoms with E-state index in [1.807, 2.05) is 25.1 Å². The largest absolute Gasteiger partial charge is 0.364 e. The van der Waals surface area contributed by atoms with Crippen LogP contribution in [0.5, 0.6) is 0 Å². The highest BCUT2D eigenvalue weighted by Gasteiger charge is 2.23. The second-order valence-corrected chi connectivity index (χ2v) is 5.03. The number of benzene rings is 1. The Bertz CT molecular complexity index is 680. The van der Waals surface area contributed by atoms with Crippen molar-refractivity contribution in [2.75, 3.05) is 13.6 Å². The third kappa shape index (κ3) is 2.99. The SMILES string of the molecule is CC(CN)N(C)C(=O)c1cc(C(N)=O)n(-c2ccccc2)n1. The molecule has 0 fully saturated rings. The fourth-order valence-electron chi connectivity index (χ4n) is 1.97. The smallest absolute Gasteiger partial charge is 0.274 e. The van der Waals surface area contributed by atoms with Crippen LogP contribution < -0.4 is 11.5 Å². The number of hydrogen-bond acceptors (Lipinski definition) is 4. The van der Waals surface area contributed by atoms with Crippen molar-refractivity contribution in [2.45, 2.75) is 13.0 Å². The molecular formula is C15H19N5O2. The number of nitrogens with two attached hydrogens (primary N) is 2. The van der Waals surface area contributed by atoms with Crippen LogP contribution in [0.4, 0.5) is 0 Å². The standard InChI is InChI=1S/C15H19N5O2/c1-10(9-16)19(2)15(22)12-8-13(14(17)21)20(18-12)11-6-4-3-5-7-11/h3-8,10H,9,16H2,1-2H3,(H2,17,21). The summed E-state index contributed by atoms with van der Waals surface area (Å²) in [6, 6.07) is 10.3. The molecule has 1 aromatic heterocycles. The lowest BCUT2D eigenvalue weighted by Gasteiger charge is -2.22. The summed E-state index contributed by atoms with van der Waals surface area (Å²) < 4.78 is 1.37. The minimum absolute atomic E-state index is 0.133. The van der Waals surface area contributed by atoms with E-state index >= 15 is 0 Å². The van der Waals surface area contributed by atoms with Crippen LogP contribution in [0.2, 0.25) is 0 Å². The van der Waals surface area contributed by atoms with Gasteiger partial charge in [-0.15, -0.1) is 0 Å². The van der Waals surface area contributed by atoms with Crippen LogP contribution in [0.1, 0.15) is 27.9 Å². The summed E-state index contributed by atoms with van der Waals surface area (Å²) in [5, 5.41) is 4.22. The van der Waals surface area contributed by atoms with Crippen molar-refractivity contribution in [3.63, 3.8) is 0 Å². The van der Waals surface area contributed by atoms with Gasteiger partial charge in [0.05, 0.1) is 5.69 Å². The van der Waals surface area contributed by atoms with Gasteiger partial charge >= 0.3 is 0 Å². The molecule has 1 unspecified atom stereocenters. The highest BCUT2D eigenvalue weighted by atomic mass is 16.2. The number of carbonyl (C=O) groups is 2. The van der Waals surface area contributed by atoms with Crippen LogP contribution >= 0.6 is 0 Å². The van der Waals surface area contributed by atoms with Gasteiger partial charge in [0.15, 0.2) is 5.69 Å². The molecule has 1 aromatic carbocycles. The molecule has 1 atom stereocenters. The molecule has 0 aliphatic rings. The number of nitrogens with zero attached hydrogens (tertiary/aromatic N) is 3. The molecule has 2 rings (SSSR count). The molecule has 4 N–H and O–H groups in total. The summed E-state index contributed by atoms with van der Waals surface area (Å²) in [4.78, 5) is 25.5. The lowest BCUT2D eigenvalue weighted by atomic mass is 10.2. The number of primary amides is 1. The number of aromatic nitrogens is 2. The zero-order valence-electron chi connectivity index (χ0n) is 12.6. The predicted octanol–water partition coefficient (Wildman–Crippen LogP) is 0.390.